The van der Waals surface area contributed by atoms with E-state index in [0.29, 0.717) is 0 Å². The molecule has 3 aromatic rings. The van der Waals surface area contributed by atoms with Gasteiger partial charge in [0.2, 0.25) is 0 Å². The molecule has 0 atom stereocenters. The van der Waals surface area contributed by atoms with Crippen molar-refractivity contribution in [1.29, 1.82) is 0 Å². The third-order valence-corrected chi connectivity index (χ3v) is 3.50. The predicted octanol–water partition coefficient (Wildman–Crippen LogP) is 3.53. The van der Waals surface area contributed by atoms with E-state index in [0.717, 1.165) is 18.8 Å². The molecule has 0 spiro atoms. The molecule has 3 heteroatoms. The molecule has 0 bridgehead atoms. The van der Waals surface area contributed by atoms with Crippen LogP contribution in [0.5, 0.6) is 5.75 Å². The topological polar surface area (TPSA) is 34.1 Å². The smallest absolute Gasteiger partial charge is 0.119 e. The van der Waals surface area contributed by atoms with Crippen molar-refractivity contribution in [1.82, 2.24) is 10.3 Å². The van der Waals surface area contributed by atoms with Gasteiger partial charge in [-0.15, -0.1) is 0 Å². The standard InChI is InChI=1S/C18H18N2O/c1-21-18-4-2-3-14(10-18)11-20-12-15-5-6-17-13-19-8-7-16(17)9-15/h2-10,13,20H,11-12H2,1H3. The molecule has 0 radical (unpaired) electrons. The summed E-state index contributed by atoms with van der Waals surface area (Å²) in [6, 6.07) is 16.6. The van der Waals surface area contributed by atoms with E-state index in [-0.39, 0.29) is 0 Å². The van der Waals surface area contributed by atoms with Crippen LogP contribution in [0.4, 0.5) is 0 Å². The highest BCUT2D eigenvalue weighted by atomic mass is 16.5. The molecule has 3 nitrogen and oxygen atoms in total. The molecule has 1 aromatic heterocycles. The quantitative estimate of drug-likeness (QED) is 0.775. The molecule has 3 rings (SSSR count). The fraction of sp³-hybridized carbons (Fsp3) is 0.167. The van der Waals surface area contributed by atoms with Gasteiger partial charge in [-0.1, -0.05) is 24.3 Å². The molecule has 0 unspecified atom stereocenters. The highest BCUT2D eigenvalue weighted by Gasteiger charge is 1.98. The van der Waals surface area contributed by atoms with E-state index >= 15 is 0 Å². The normalized spacial score (nSPS) is 10.7. The van der Waals surface area contributed by atoms with Gasteiger partial charge in [0.25, 0.3) is 0 Å². The van der Waals surface area contributed by atoms with Crippen LogP contribution in [0.1, 0.15) is 11.1 Å². The third kappa shape index (κ3) is 3.38. The van der Waals surface area contributed by atoms with Crippen LogP contribution in [-0.4, -0.2) is 12.1 Å². The Morgan fingerprint density at radius 1 is 0.952 bits per heavy atom. The molecule has 1 N–H and O–H groups in total. The van der Waals surface area contributed by atoms with Crippen LogP contribution in [0.3, 0.4) is 0 Å². The number of methoxy groups -OCH3 is 1. The lowest BCUT2D eigenvalue weighted by Crippen LogP contribution is -2.12. The average Bonchev–Trinajstić information content (AvgIpc) is 2.55. The number of fused-ring (bicyclic) bond motifs is 1. The van der Waals surface area contributed by atoms with E-state index in [9.17, 15) is 0 Å². The molecule has 0 aliphatic carbocycles. The first-order valence-corrected chi connectivity index (χ1v) is 7.01. The lowest BCUT2D eigenvalue weighted by Gasteiger charge is -2.07. The van der Waals surface area contributed by atoms with Crippen LogP contribution in [0, 0.1) is 0 Å². The van der Waals surface area contributed by atoms with Crippen molar-refractivity contribution < 1.29 is 4.74 Å². The first-order valence-electron chi connectivity index (χ1n) is 7.01. The number of hydrogen-bond donors (Lipinski definition) is 1. The molecule has 0 aliphatic heterocycles. The van der Waals surface area contributed by atoms with Gasteiger partial charge in [0.1, 0.15) is 5.75 Å². The second kappa shape index (κ2) is 6.37. The Bertz CT molecular complexity index is 740. The number of ether oxygens (including phenoxy) is 1. The minimum absolute atomic E-state index is 0.825. The Hall–Kier alpha value is -2.39. The number of aromatic nitrogens is 1. The molecule has 2 aromatic carbocycles. The summed E-state index contributed by atoms with van der Waals surface area (Å²) in [6.07, 6.45) is 3.72. The van der Waals surface area contributed by atoms with Gasteiger partial charge in [-0.2, -0.15) is 0 Å². The summed E-state index contributed by atoms with van der Waals surface area (Å²) < 4.78 is 5.23. The Balaban J connectivity index is 1.63. The number of rotatable bonds is 5. The van der Waals surface area contributed by atoms with E-state index < -0.39 is 0 Å². The van der Waals surface area contributed by atoms with E-state index in [1.165, 1.54) is 21.9 Å². The zero-order valence-corrected chi connectivity index (χ0v) is 12.0. The maximum Gasteiger partial charge on any atom is 0.119 e. The zero-order chi connectivity index (χ0) is 14.5. The maximum absolute atomic E-state index is 5.23. The summed E-state index contributed by atoms with van der Waals surface area (Å²) in [7, 11) is 1.69. The Morgan fingerprint density at radius 3 is 2.67 bits per heavy atom. The Morgan fingerprint density at radius 2 is 1.81 bits per heavy atom. The highest BCUT2D eigenvalue weighted by Crippen LogP contribution is 2.15. The summed E-state index contributed by atoms with van der Waals surface area (Å²) >= 11 is 0. The van der Waals surface area contributed by atoms with Crippen molar-refractivity contribution in [2.75, 3.05) is 7.11 Å². The van der Waals surface area contributed by atoms with Gasteiger partial charge >= 0.3 is 0 Å². The highest BCUT2D eigenvalue weighted by molar-refractivity contribution is 5.81. The van der Waals surface area contributed by atoms with Gasteiger partial charge in [0.05, 0.1) is 7.11 Å². The van der Waals surface area contributed by atoms with E-state index in [2.05, 4.69) is 40.6 Å². The van der Waals surface area contributed by atoms with Gasteiger partial charge in [-0.05, 0) is 40.8 Å². The molecule has 1 heterocycles. The zero-order valence-electron chi connectivity index (χ0n) is 12.0. The molecule has 106 valence electrons. The molecule has 21 heavy (non-hydrogen) atoms. The molecule has 0 saturated heterocycles. The lowest BCUT2D eigenvalue weighted by atomic mass is 10.1. The number of pyridine rings is 1. The first kappa shape index (κ1) is 13.6. The SMILES string of the molecule is COc1cccc(CNCc2ccc3cnccc3c2)c1. The van der Waals surface area contributed by atoms with Crippen molar-refractivity contribution >= 4 is 10.8 Å². The van der Waals surface area contributed by atoms with Crippen molar-refractivity contribution in [2.24, 2.45) is 0 Å². The van der Waals surface area contributed by atoms with Crippen LogP contribution in [0.25, 0.3) is 10.8 Å². The fourth-order valence-electron chi connectivity index (χ4n) is 2.38. The molecular formula is C18H18N2O. The number of hydrogen-bond acceptors (Lipinski definition) is 3. The van der Waals surface area contributed by atoms with Crippen LogP contribution in [0.2, 0.25) is 0 Å². The molecule has 0 saturated carbocycles. The van der Waals surface area contributed by atoms with Crippen molar-refractivity contribution in [3.8, 4) is 5.75 Å². The van der Waals surface area contributed by atoms with E-state index in [1.807, 2.05) is 30.6 Å². The Kier molecular flexibility index (Phi) is 4.12. The minimum Gasteiger partial charge on any atom is -0.497 e. The first-order chi connectivity index (χ1) is 10.3. The predicted molar refractivity (Wildman–Crippen MR) is 85.3 cm³/mol. The monoisotopic (exact) mass is 278 g/mol. The van der Waals surface area contributed by atoms with E-state index in [1.54, 1.807) is 7.11 Å². The number of nitrogens with zero attached hydrogens (tertiary/aromatic N) is 1. The minimum atomic E-state index is 0.825. The average molecular weight is 278 g/mol. The molecule has 0 amide bonds. The van der Waals surface area contributed by atoms with Crippen molar-refractivity contribution in [2.45, 2.75) is 13.1 Å². The van der Waals surface area contributed by atoms with Gasteiger partial charge in [0.15, 0.2) is 0 Å². The van der Waals surface area contributed by atoms with Crippen LogP contribution >= 0.6 is 0 Å². The second-order valence-corrected chi connectivity index (χ2v) is 5.01. The molecular weight excluding hydrogens is 260 g/mol. The second-order valence-electron chi connectivity index (χ2n) is 5.01. The lowest BCUT2D eigenvalue weighted by molar-refractivity contribution is 0.414. The van der Waals surface area contributed by atoms with E-state index in [4.69, 9.17) is 4.74 Å². The van der Waals surface area contributed by atoms with Gasteiger partial charge in [0, 0.05) is 30.9 Å². The number of benzene rings is 2. The summed E-state index contributed by atoms with van der Waals surface area (Å²) in [5.41, 5.74) is 2.50. The van der Waals surface area contributed by atoms with Crippen LogP contribution in [0.15, 0.2) is 60.9 Å². The van der Waals surface area contributed by atoms with Crippen LogP contribution in [-0.2, 0) is 13.1 Å². The molecule has 0 fully saturated rings. The summed E-state index contributed by atoms with van der Waals surface area (Å²) in [6.45, 7) is 1.67. The third-order valence-electron chi connectivity index (χ3n) is 3.50. The van der Waals surface area contributed by atoms with Gasteiger partial charge < -0.3 is 10.1 Å². The fourth-order valence-corrected chi connectivity index (χ4v) is 2.38. The number of nitrogens with one attached hydrogen (secondary N) is 1. The summed E-state index contributed by atoms with van der Waals surface area (Å²) in [4.78, 5) is 4.13. The van der Waals surface area contributed by atoms with Gasteiger partial charge in [-0.3, -0.25) is 4.98 Å². The van der Waals surface area contributed by atoms with Gasteiger partial charge in [-0.25, -0.2) is 0 Å². The van der Waals surface area contributed by atoms with Crippen LogP contribution < -0.4 is 10.1 Å². The maximum atomic E-state index is 5.23. The Labute approximate surface area is 124 Å². The van der Waals surface area contributed by atoms with Crippen molar-refractivity contribution in [3.05, 3.63) is 72.1 Å². The summed E-state index contributed by atoms with van der Waals surface area (Å²) in [5, 5.41) is 5.87. The molecule has 0 aliphatic rings. The summed E-state index contributed by atoms with van der Waals surface area (Å²) in [5.74, 6) is 0.896. The largest absolute Gasteiger partial charge is 0.497 e. The van der Waals surface area contributed by atoms with Crippen molar-refractivity contribution in [3.63, 3.8) is 0 Å².